The summed E-state index contributed by atoms with van der Waals surface area (Å²) in [4.78, 5) is 63.6. The molecule has 0 aromatic heterocycles. The zero-order valence-corrected chi connectivity index (χ0v) is 19.8. The molecule has 1 unspecified atom stereocenters. The minimum Gasteiger partial charge on any atom is -0.497 e. The highest BCUT2D eigenvalue weighted by Crippen LogP contribution is 2.34. The van der Waals surface area contributed by atoms with E-state index in [1.807, 2.05) is 0 Å². The lowest BCUT2D eigenvalue weighted by atomic mass is 9.85. The number of nitrogens with two attached hydrogens (primary N) is 1. The summed E-state index contributed by atoms with van der Waals surface area (Å²) in [7, 11) is 1.51. The van der Waals surface area contributed by atoms with Crippen molar-refractivity contribution < 1.29 is 28.7 Å². The maximum Gasteiger partial charge on any atom is 0.322 e. The Kier molecular flexibility index (Phi) is 5.69. The summed E-state index contributed by atoms with van der Waals surface area (Å²) >= 11 is 0. The van der Waals surface area contributed by atoms with E-state index >= 15 is 0 Å². The quantitative estimate of drug-likeness (QED) is 0.249. The molecule has 2 saturated heterocycles. The third-order valence-electron chi connectivity index (χ3n) is 6.88. The summed E-state index contributed by atoms with van der Waals surface area (Å²) in [6.07, 6.45) is -0.178. The average Bonchev–Trinajstić information content (AvgIpc) is 3.47. The Morgan fingerprint density at radius 2 is 1.78 bits per heavy atom. The van der Waals surface area contributed by atoms with Crippen LogP contribution in [0.1, 0.15) is 33.5 Å². The highest BCUT2D eigenvalue weighted by Gasteiger charge is 2.49. The monoisotopic (exact) mass is 501 g/mol. The molecular formula is C26H23N5O6. The number of hydrogen-bond acceptors (Lipinski definition) is 7. The predicted octanol–water partition coefficient (Wildman–Crippen LogP) is -0.271. The van der Waals surface area contributed by atoms with E-state index in [0.29, 0.717) is 22.4 Å². The maximum absolute atomic E-state index is 13.1. The Labute approximate surface area is 211 Å². The number of amides is 6. The van der Waals surface area contributed by atoms with Crippen molar-refractivity contribution in [3.05, 3.63) is 64.7 Å². The van der Waals surface area contributed by atoms with Gasteiger partial charge in [-0.05, 0) is 35.4 Å². The molecule has 11 nitrogen and oxygen atoms in total. The van der Waals surface area contributed by atoms with Gasteiger partial charge in [-0.1, -0.05) is 30.0 Å². The number of hydrogen-bond donors (Lipinski definition) is 4. The van der Waals surface area contributed by atoms with Crippen molar-refractivity contribution in [3.8, 4) is 17.6 Å². The molecule has 0 aliphatic carbocycles. The number of nitrogens with zero attached hydrogens (tertiary/aromatic N) is 1. The van der Waals surface area contributed by atoms with E-state index in [4.69, 9.17) is 10.5 Å². The lowest BCUT2D eigenvalue weighted by Gasteiger charge is -2.26. The first kappa shape index (κ1) is 24.0. The van der Waals surface area contributed by atoms with Crippen molar-refractivity contribution in [2.75, 3.05) is 20.2 Å². The number of rotatable bonds is 5. The first-order valence-corrected chi connectivity index (χ1v) is 11.5. The Hall–Kier alpha value is -4.69. The number of carbonyl (C=O) groups excluding carboxylic acids is 5. The van der Waals surface area contributed by atoms with Gasteiger partial charge in [0.05, 0.1) is 13.5 Å². The zero-order chi connectivity index (χ0) is 26.4. The van der Waals surface area contributed by atoms with E-state index in [2.05, 4.69) is 27.8 Å². The predicted molar refractivity (Wildman–Crippen MR) is 129 cm³/mol. The van der Waals surface area contributed by atoms with Crippen molar-refractivity contribution in [1.82, 2.24) is 20.9 Å². The van der Waals surface area contributed by atoms with Crippen LogP contribution in [-0.4, -0.2) is 54.8 Å². The van der Waals surface area contributed by atoms with Gasteiger partial charge in [0, 0.05) is 30.8 Å². The molecule has 2 fully saturated rings. The molecule has 2 atom stereocenters. The van der Waals surface area contributed by atoms with Gasteiger partial charge in [-0.25, -0.2) is 4.79 Å². The van der Waals surface area contributed by atoms with Gasteiger partial charge in [-0.3, -0.25) is 29.8 Å². The molecule has 2 aromatic rings. The fourth-order valence-corrected chi connectivity index (χ4v) is 4.82. The minimum atomic E-state index is -1.42. The first-order chi connectivity index (χ1) is 17.7. The van der Waals surface area contributed by atoms with Gasteiger partial charge in [0.2, 0.25) is 11.8 Å². The number of nitrogens with one attached hydrogen (secondary N) is 3. The second-order valence-corrected chi connectivity index (χ2v) is 9.17. The molecule has 37 heavy (non-hydrogen) atoms. The van der Waals surface area contributed by atoms with Crippen molar-refractivity contribution in [3.63, 3.8) is 0 Å². The summed E-state index contributed by atoms with van der Waals surface area (Å²) in [6.45, 7) is 0.0831. The molecule has 0 radical (unpaired) electrons. The number of ether oxygens (including phenoxy) is 1. The van der Waals surface area contributed by atoms with Gasteiger partial charge in [0.15, 0.2) is 5.54 Å². The fourth-order valence-electron chi connectivity index (χ4n) is 4.82. The lowest BCUT2D eigenvalue weighted by molar-refractivity contribution is -0.127. The standard InChI is InChI=1S/C26H23N5O6/c1-37-18-7-4-16-12-31(21(33)19(16)10-18)14-25(11-20(32)28-22(25)34)9-8-15-2-5-17(6-3-15)26(13-27)23(35)29-24(36)30-26/h2-7,10H,11-14,27H2,1H3,(H,28,32,34)(H2,29,30,35,36)/t25-,26?/m1/s1. The topological polar surface area (TPSA) is 160 Å². The zero-order valence-electron chi connectivity index (χ0n) is 19.8. The van der Waals surface area contributed by atoms with E-state index in [1.54, 1.807) is 42.5 Å². The van der Waals surface area contributed by atoms with Crippen LogP contribution in [-0.2, 0) is 26.5 Å². The summed E-state index contributed by atoms with van der Waals surface area (Å²) in [5.41, 5.74) is 5.26. The fraction of sp³-hybridized carbons (Fsp3) is 0.269. The van der Waals surface area contributed by atoms with E-state index in [-0.39, 0.29) is 32.0 Å². The Bertz CT molecular complexity index is 1430. The number of carbonyl (C=O) groups is 5. The molecular weight excluding hydrogens is 478 g/mol. The first-order valence-electron chi connectivity index (χ1n) is 11.5. The van der Waals surface area contributed by atoms with Gasteiger partial charge in [0.1, 0.15) is 11.2 Å². The van der Waals surface area contributed by atoms with E-state index < -0.39 is 34.7 Å². The van der Waals surface area contributed by atoms with Crippen molar-refractivity contribution >= 4 is 29.7 Å². The van der Waals surface area contributed by atoms with Gasteiger partial charge in [-0.2, -0.15) is 0 Å². The molecule has 188 valence electrons. The van der Waals surface area contributed by atoms with Gasteiger partial charge >= 0.3 is 6.03 Å². The molecule has 0 bridgehead atoms. The molecule has 11 heteroatoms. The minimum absolute atomic E-state index is 0.0615. The Morgan fingerprint density at radius 1 is 1.03 bits per heavy atom. The molecule has 3 heterocycles. The second kappa shape index (κ2) is 8.76. The Morgan fingerprint density at radius 3 is 2.38 bits per heavy atom. The van der Waals surface area contributed by atoms with Crippen LogP contribution < -0.4 is 26.4 Å². The summed E-state index contributed by atoms with van der Waals surface area (Å²) in [6, 6.07) is 11.1. The molecule has 5 N–H and O–H groups in total. The number of urea groups is 1. The largest absolute Gasteiger partial charge is 0.497 e. The highest BCUT2D eigenvalue weighted by atomic mass is 16.5. The average molecular weight is 501 g/mol. The van der Waals surface area contributed by atoms with Crippen molar-refractivity contribution in [2.45, 2.75) is 18.5 Å². The molecule has 3 aliphatic rings. The van der Waals surface area contributed by atoms with Crippen LogP contribution >= 0.6 is 0 Å². The molecule has 0 spiro atoms. The van der Waals surface area contributed by atoms with Gasteiger partial charge < -0.3 is 20.7 Å². The van der Waals surface area contributed by atoms with E-state index in [0.717, 1.165) is 5.56 Å². The SMILES string of the molecule is COc1ccc2c(c1)C(=O)N(C[C@@]1(C#Cc3ccc(C4(CN)NC(=O)NC4=O)cc3)CC(=O)NC1=O)C2. The smallest absolute Gasteiger partial charge is 0.322 e. The van der Waals surface area contributed by atoms with Crippen molar-refractivity contribution in [2.24, 2.45) is 11.1 Å². The van der Waals surface area contributed by atoms with Gasteiger partial charge in [-0.15, -0.1) is 0 Å². The van der Waals surface area contributed by atoms with Crippen LogP contribution in [0.15, 0.2) is 42.5 Å². The van der Waals surface area contributed by atoms with Crippen LogP contribution in [0, 0.1) is 17.3 Å². The third-order valence-corrected chi connectivity index (χ3v) is 6.88. The molecule has 2 aromatic carbocycles. The van der Waals surface area contributed by atoms with Crippen LogP contribution in [0.25, 0.3) is 0 Å². The number of benzene rings is 2. The number of imide groups is 2. The number of fused-ring (bicyclic) bond motifs is 1. The second-order valence-electron chi connectivity index (χ2n) is 9.17. The van der Waals surface area contributed by atoms with Crippen LogP contribution in [0.3, 0.4) is 0 Å². The normalized spacial score (nSPS) is 24.3. The number of methoxy groups -OCH3 is 1. The molecule has 0 saturated carbocycles. The van der Waals surface area contributed by atoms with Crippen molar-refractivity contribution in [1.29, 1.82) is 0 Å². The Balaban J connectivity index is 1.41. The van der Waals surface area contributed by atoms with Crippen LogP contribution in [0.5, 0.6) is 5.75 Å². The molecule has 5 rings (SSSR count). The van der Waals surface area contributed by atoms with Gasteiger partial charge in [0.25, 0.3) is 11.8 Å². The van der Waals surface area contributed by atoms with E-state index in [1.165, 1.54) is 12.0 Å². The highest BCUT2D eigenvalue weighted by molar-refractivity contribution is 6.09. The maximum atomic E-state index is 13.1. The molecule has 3 aliphatic heterocycles. The lowest BCUT2D eigenvalue weighted by Crippen LogP contribution is -2.49. The van der Waals surface area contributed by atoms with Crippen LogP contribution in [0.2, 0.25) is 0 Å². The van der Waals surface area contributed by atoms with E-state index in [9.17, 15) is 24.0 Å². The summed E-state index contributed by atoms with van der Waals surface area (Å²) < 4.78 is 5.21. The van der Waals surface area contributed by atoms with Crippen LogP contribution in [0.4, 0.5) is 4.79 Å². The summed E-state index contributed by atoms with van der Waals surface area (Å²) in [5.74, 6) is 4.58. The third kappa shape index (κ3) is 3.97. The summed E-state index contributed by atoms with van der Waals surface area (Å²) in [5, 5.41) is 7.05. The molecule has 6 amide bonds.